The number of piperidine rings is 1. The zero-order valence-electron chi connectivity index (χ0n) is 14.7. The minimum atomic E-state index is 0.498. The standard InChI is InChI=1S/C18H36N2O/c1-5-10-19-17-6-9-18(2,3)13-15(17)14-20-11-7-16(21-4)8-12-20/h15-17,19H,5-14H2,1-4H3. The van der Waals surface area contributed by atoms with E-state index in [1.165, 1.54) is 64.7 Å². The van der Waals surface area contributed by atoms with Gasteiger partial charge in [0.05, 0.1) is 6.10 Å². The predicted octanol–water partition coefficient (Wildman–Crippen LogP) is 3.29. The third kappa shape index (κ3) is 5.22. The van der Waals surface area contributed by atoms with Crippen LogP contribution in [0, 0.1) is 11.3 Å². The fourth-order valence-electron chi connectivity index (χ4n) is 4.19. The van der Waals surface area contributed by atoms with Crippen LogP contribution in [0.1, 0.15) is 59.3 Å². The summed E-state index contributed by atoms with van der Waals surface area (Å²) in [5.41, 5.74) is 0.528. The Morgan fingerprint density at radius 2 is 1.90 bits per heavy atom. The van der Waals surface area contributed by atoms with Crippen molar-refractivity contribution in [2.24, 2.45) is 11.3 Å². The van der Waals surface area contributed by atoms with Crippen LogP contribution in [-0.4, -0.2) is 50.3 Å². The van der Waals surface area contributed by atoms with Crippen molar-refractivity contribution in [3.05, 3.63) is 0 Å². The molecule has 3 heteroatoms. The van der Waals surface area contributed by atoms with E-state index in [-0.39, 0.29) is 0 Å². The summed E-state index contributed by atoms with van der Waals surface area (Å²) in [6, 6.07) is 0.734. The lowest BCUT2D eigenvalue weighted by Crippen LogP contribution is -2.49. The van der Waals surface area contributed by atoms with E-state index in [1.807, 2.05) is 7.11 Å². The average Bonchev–Trinajstić information content (AvgIpc) is 2.47. The SMILES string of the molecule is CCCNC1CCC(C)(C)CC1CN1CCC(OC)CC1. The maximum atomic E-state index is 5.50. The molecule has 1 N–H and O–H groups in total. The van der Waals surface area contributed by atoms with Crippen molar-refractivity contribution in [2.75, 3.05) is 33.3 Å². The van der Waals surface area contributed by atoms with Gasteiger partial charge in [0.2, 0.25) is 0 Å². The summed E-state index contributed by atoms with van der Waals surface area (Å²) in [6.45, 7) is 12.1. The first kappa shape index (κ1) is 17.2. The van der Waals surface area contributed by atoms with Crippen molar-refractivity contribution in [2.45, 2.75) is 71.4 Å². The number of hydrogen-bond acceptors (Lipinski definition) is 3. The van der Waals surface area contributed by atoms with Crippen molar-refractivity contribution in [3.63, 3.8) is 0 Å². The Morgan fingerprint density at radius 1 is 1.19 bits per heavy atom. The number of hydrogen-bond donors (Lipinski definition) is 1. The predicted molar refractivity (Wildman–Crippen MR) is 89.7 cm³/mol. The fraction of sp³-hybridized carbons (Fsp3) is 1.00. The summed E-state index contributed by atoms with van der Waals surface area (Å²) < 4.78 is 5.50. The molecule has 0 aromatic heterocycles. The Balaban J connectivity index is 1.87. The molecule has 0 amide bonds. The average molecular weight is 296 g/mol. The number of methoxy groups -OCH3 is 1. The van der Waals surface area contributed by atoms with Crippen LogP contribution in [0.15, 0.2) is 0 Å². The van der Waals surface area contributed by atoms with E-state index < -0.39 is 0 Å². The molecule has 0 aromatic rings. The summed E-state index contributed by atoms with van der Waals surface area (Å²) in [6.07, 6.45) is 8.25. The van der Waals surface area contributed by atoms with Crippen LogP contribution in [-0.2, 0) is 4.74 Å². The molecule has 2 aliphatic rings. The lowest BCUT2D eigenvalue weighted by molar-refractivity contribution is 0.0253. The van der Waals surface area contributed by atoms with Gasteiger partial charge in [0, 0.05) is 32.8 Å². The molecule has 0 bridgehead atoms. The molecule has 1 heterocycles. The molecule has 2 unspecified atom stereocenters. The largest absolute Gasteiger partial charge is 0.381 e. The van der Waals surface area contributed by atoms with Crippen molar-refractivity contribution in [1.82, 2.24) is 10.2 Å². The maximum absolute atomic E-state index is 5.50. The summed E-state index contributed by atoms with van der Waals surface area (Å²) in [7, 11) is 1.86. The molecule has 0 aromatic carbocycles. The molecule has 1 saturated heterocycles. The van der Waals surface area contributed by atoms with Crippen LogP contribution in [0.4, 0.5) is 0 Å². The van der Waals surface area contributed by atoms with Crippen molar-refractivity contribution >= 4 is 0 Å². The Morgan fingerprint density at radius 3 is 2.52 bits per heavy atom. The van der Waals surface area contributed by atoms with Gasteiger partial charge < -0.3 is 15.0 Å². The highest BCUT2D eigenvalue weighted by atomic mass is 16.5. The zero-order valence-corrected chi connectivity index (χ0v) is 14.7. The van der Waals surface area contributed by atoms with Crippen LogP contribution < -0.4 is 5.32 Å². The molecule has 1 aliphatic heterocycles. The minimum Gasteiger partial charge on any atom is -0.381 e. The van der Waals surface area contributed by atoms with E-state index in [0.29, 0.717) is 11.5 Å². The Bertz CT molecular complexity index is 298. The van der Waals surface area contributed by atoms with Gasteiger partial charge in [-0.15, -0.1) is 0 Å². The van der Waals surface area contributed by atoms with Crippen molar-refractivity contribution < 1.29 is 4.74 Å². The lowest BCUT2D eigenvalue weighted by atomic mass is 9.69. The van der Waals surface area contributed by atoms with Crippen LogP contribution >= 0.6 is 0 Å². The highest BCUT2D eigenvalue weighted by Crippen LogP contribution is 2.39. The van der Waals surface area contributed by atoms with Gasteiger partial charge in [0.1, 0.15) is 0 Å². The molecular weight excluding hydrogens is 260 g/mol. The van der Waals surface area contributed by atoms with Crippen LogP contribution in [0.5, 0.6) is 0 Å². The van der Waals surface area contributed by atoms with E-state index in [1.54, 1.807) is 0 Å². The van der Waals surface area contributed by atoms with E-state index in [2.05, 4.69) is 31.0 Å². The molecule has 2 atom stereocenters. The van der Waals surface area contributed by atoms with Gasteiger partial charge in [0.25, 0.3) is 0 Å². The normalized spacial score (nSPS) is 31.4. The van der Waals surface area contributed by atoms with E-state index in [9.17, 15) is 0 Å². The highest BCUT2D eigenvalue weighted by Gasteiger charge is 2.35. The first-order valence-corrected chi connectivity index (χ1v) is 9.02. The summed E-state index contributed by atoms with van der Waals surface area (Å²) in [5, 5.41) is 3.82. The second-order valence-corrected chi connectivity index (χ2v) is 7.96. The molecule has 21 heavy (non-hydrogen) atoms. The lowest BCUT2D eigenvalue weighted by Gasteiger charge is -2.44. The van der Waals surface area contributed by atoms with Gasteiger partial charge in [-0.1, -0.05) is 20.8 Å². The molecule has 1 aliphatic carbocycles. The van der Waals surface area contributed by atoms with Crippen LogP contribution in [0.2, 0.25) is 0 Å². The zero-order chi connectivity index (χ0) is 15.3. The number of likely N-dealkylation sites (tertiary alicyclic amines) is 1. The van der Waals surface area contributed by atoms with Crippen LogP contribution in [0.25, 0.3) is 0 Å². The molecule has 0 spiro atoms. The van der Waals surface area contributed by atoms with Gasteiger partial charge >= 0.3 is 0 Å². The molecule has 124 valence electrons. The smallest absolute Gasteiger partial charge is 0.0595 e. The van der Waals surface area contributed by atoms with Gasteiger partial charge in [-0.3, -0.25) is 0 Å². The molecule has 2 rings (SSSR count). The number of nitrogens with zero attached hydrogens (tertiary/aromatic N) is 1. The fourth-order valence-corrected chi connectivity index (χ4v) is 4.19. The Hall–Kier alpha value is -0.120. The second-order valence-electron chi connectivity index (χ2n) is 7.96. The third-order valence-corrected chi connectivity index (χ3v) is 5.53. The third-order valence-electron chi connectivity index (χ3n) is 5.53. The van der Waals surface area contributed by atoms with E-state index in [4.69, 9.17) is 4.74 Å². The Labute approximate surface area is 131 Å². The summed E-state index contributed by atoms with van der Waals surface area (Å²) in [4.78, 5) is 2.68. The molecule has 1 saturated carbocycles. The van der Waals surface area contributed by atoms with Gasteiger partial charge in [-0.25, -0.2) is 0 Å². The number of rotatable bonds is 6. The second kappa shape index (κ2) is 7.94. The topological polar surface area (TPSA) is 24.5 Å². The van der Waals surface area contributed by atoms with Crippen molar-refractivity contribution in [3.8, 4) is 0 Å². The minimum absolute atomic E-state index is 0.498. The van der Waals surface area contributed by atoms with E-state index >= 15 is 0 Å². The summed E-state index contributed by atoms with van der Waals surface area (Å²) >= 11 is 0. The van der Waals surface area contributed by atoms with Gasteiger partial charge in [-0.05, 0) is 56.4 Å². The molecule has 2 fully saturated rings. The molecule has 0 radical (unpaired) electrons. The van der Waals surface area contributed by atoms with Gasteiger partial charge in [-0.2, -0.15) is 0 Å². The number of ether oxygens (including phenoxy) is 1. The quantitative estimate of drug-likeness (QED) is 0.814. The van der Waals surface area contributed by atoms with Crippen molar-refractivity contribution in [1.29, 1.82) is 0 Å². The van der Waals surface area contributed by atoms with E-state index in [0.717, 1.165) is 12.0 Å². The molecule has 3 nitrogen and oxygen atoms in total. The Kier molecular flexibility index (Phi) is 6.51. The summed E-state index contributed by atoms with van der Waals surface area (Å²) in [5.74, 6) is 0.819. The van der Waals surface area contributed by atoms with Crippen LogP contribution in [0.3, 0.4) is 0 Å². The monoisotopic (exact) mass is 296 g/mol. The maximum Gasteiger partial charge on any atom is 0.0595 e. The first-order valence-electron chi connectivity index (χ1n) is 9.02. The highest BCUT2D eigenvalue weighted by molar-refractivity contribution is 4.91. The molecular formula is C18H36N2O. The first-order chi connectivity index (χ1) is 10.0. The number of nitrogens with one attached hydrogen (secondary N) is 1. The van der Waals surface area contributed by atoms with Gasteiger partial charge in [0.15, 0.2) is 0 Å².